The van der Waals surface area contributed by atoms with E-state index in [0.29, 0.717) is 0 Å². The molecule has 0 spiro atoms. The highest BCUT2D eigenvalue weighted by Crippen LogP contribution is 2.42. The lowest BCUT2D eigenvalue weighted by Gasteiger charge is -2.41. The first kappa shape index (κ1) is 19.8. The first-order valence-electron chi connectivity index (χ1n) is 10.1. The molecule has 1 unspecified atom stereocenters. The highest BCUT2D eigenvalue weighted by atomic mass is 16.5. The monoisotopic (exact) mass is 366 g/mol. The van der Waals surface area contributed by atoms with Crippen molar-refractivity contribution in [2.45, 2.75) is 65.5 Å². The van der Waals surface area contributed by atoms with Crippen molar-refractivity contribution in [3.8, 4) is 5.75 Å². The molecule has 0 saturated carbocycles. The minimum absolute atomic E-state index is 0.0554. The molecule has 2 aromatic rings. The Morgan fingerprint density at radius 2 is 1.93 bits per heavy atom. The largest absolute Gasteiger partial charge is 0.497 e. The second kappa shape index (κ2) is 7.55. The number of methoxy groups -OCH3 is 1. The van der Waals surface area contributed by atoms with E-state index in [1.807, 2.05) is 0 Å². The van der Waals surface area contributed by atoms with E-state index in [2.05, 4.69) is 69.9 Å². The van der Waals surface area contributed by atoms with Crippen molar-refractivity contribution in [2.24, 2.45) is 5.73 Å². The number of nitrogens with two attached hydrogens (primary N) is 1. The Bertz CT molecular complexity index is 823. The van der Waals surface area contributed by atoms with Gasteiger partial charge in [-0.05, 0) is 78.1 Å². The summed E-state index contributed by atoms with van der Waals surface area (Å²) >= 11 is 0. The maximum absolute atomic E-state index is 6.31. The molecule has 3 heteroatoms. The Balaban J connectivity index is 2.04. The Hall–Kier alpha value is -2.00. The SMILES string of the molecule is CCc1cc2c(cc1C(C)N)N(Cc1ccc(OC)cc1C)CCC2(C)C. The van der Waals surface area contributed by atoms with Crippen molar-refractivity contribution in [2.75, 3.05) is 18.6 Å². The maximum atomic E-state index is 6.31. The zero-order chi connectivity index (χ0) is 19.8. The van der Waals surface area contributed by atoms with Crippen molar-refractivity contribution in [1.29, 1.82) is 0 Å². The number of benzene rings is 2. The van der Waals surface area contributed by atoms with Crippen LogP contribution in [0, 0.1) is 6.92 Å². The number of fused-ring (bicyclic) bond motifs is 1. The summed E-state index contributed by atoms with van der Waals surface area (Å²) in [6.45, 7) is 13.2. The molecule has 2 N–H and O–H groups in total. The number of hydrogen-bond donors (Lipinski definition) is 1. The van der Waals surface area contributed by atoms with Gasteiger partial charge < -0.3 is 15.4 Å². The predicted molar refractivity (Wildman–Crippen MR) is 115 cm³/mol. The lowest BCUT2D eigenvalue weighted by atomic mass is 9.75. The van der Waals surface area contributed by atoms with Gasteiger partial charge in [0.25, 0.3) is 0 Å². The van der Waals surface area contributed by atoms with Crippen LogP contribution in [-0.4, -0.2) is 13.7 Å². The van der Waals surface area contributed by atoms with Gasteiger partial charge in [0.1, 0.15) is 5.75 Å². The fraction of sp³-hybridized carbons (Fsp3) is 0.500. The van der Waals surface area contributed by atoms with Crippen LogP contribution >= 0.6 is 0 Å². The molecule has 1 atom stereocenters. The van der Waals surface area contributed by atoms with Gasteiger partial charge in [-0.15, -0.1) is 0 Å². The number of ether oxygens (including phenoxy) is 1. The van der Waals surface area contributed by atoms with Crippen LogP contribution in [0.5, 0.6) is 5.75 Å². The van der Waals surface area contributed by atoms with Crippen LogP contribution in [0.3, 0.4) is 0 Å². The number of rotatable bonds is 5. The van der Waals surface area contributed by atoms with Gasteiger partial charge in [-0.2, -0.15) is 0 Å². The van der Waals surface area contributed by atoms with Crippen molar-refractivity contribution < 1.29 is 4.74 Å². The van der Waals surface area contributed by atoms with E-state index >= 15 is 0 Å². The fourth-order valence-electron chi connectivity index (χ4n) is 4.20. The van der Waals surface area contributed by atoms with E-state index in [0.717, 1.165) is 31.7 Å². The second-order valence-corrected chi connectivity index (χ2v) is 8.56. The molecule has 3 nitrogen and oxygen atoms in total. The van der Waals surface area contributed by atoms with Gasteiger partial charge in [-0.1, -0.05) is 32.9 Å². The predicted octanol–water partition coefficient (Wildman–Crippen LogP) is 5.27. The molecule has 0 aromatic heterocycles. The molecule has 0 saturated heterocycles. The zero-order valence-electron chi connectivity index (χ0n) is 17.7. The summed E-state index contributed by atoms with van der Waals surface area (Å²) in [4.78, 5) is 2.53. The molecule has 1 aliphatic heterocycles. The quantitative estimate of drug-likeness (QED) is 0.783. The van der Waals surface area contributed by atoms with Crippen LogP contribution in [0.25, 0.3) is 0 Å². The van der Waals surface area contributed by atoms with Crippen molar-refractivity contribution in [1.82, 2.24) is 0 Å². The van der Waals surface area contributed by atoms with Crippen LogP contribution in [0.2, 0.25) is 0 Å². The van der Waals surface area contributed by atoms with Gasteiger partial charge in [0, 0.05) is 24.8 Å². The Labute approximate surface area is 164 Å². The maximum Gasteiger partial charge on any atom is 0.119 e. The molecule has 27 heavy (non-hydrogen) atoms. The van der Waals surface area contributed by atoms with E-state index < -0.39 is 0 Å². The van der Waals surface area contributed by atoms with E-state index in [1.165, 1.54) is 33.5 Å². The van der Waals surface area contributed by atoms with Gasteiger partial charge in [0.15, 0.2) is 0 Å². The number of anilines is 1. The first-order chi connectivity index (χ1) is 12.8. The molecule has 1 aliphatic rings. The van der Waals surface area contributed by atoms with Crippen LogP contribution < -0.4 is 15.4 Å². The van der Waals surface area contributed by atoms with Crippen LogP contribution in [0.15, 0.2) is 30.3 Å². The zero-order valence-corrected chi connectivity index (χ0v) is 17.7. The highest BCUT2D eigenvalue weighted by Gasteiger charge is 2.32. The summed E-state index contributed by atoms with van der Waals surface area (Å²) in [5, 5.41) is 0. The molecule has 146 valence electrons. The van der Waals surface area contributed by atoms with Crippen molar-refractivity contribution in [3.63, 3.8) is 0 Å². The normalized spacial score (nSPS) is 16.8. The number of aryl methyl sites for hydroxylation is 2. The fourth-order valence-corrected chi connectivity index (χ4v) is 4.20. The van der Waals surface area contributed by atoms with Crippen LogP contribution in [-0.2, 0) is 18.4 Å². The molecule has 3 rings (SSSR count). The molecule has 1 heterocycles. The van der Waals surface area contributed by atoms with Gasteiger partial charge in [0.05, 0.1) is 7.11 Å². The van der Waals surface area contributed by atoms with E-state index in [-0.39, 0.29) is 11.5 Å². The number of hydrogen-bond acceptors (Lipinski definition) is 3. The smallest absolute Gasteiger partial charge is 0.119 e. The summed E-state index contributed by atoms with van der Waals surface area (Å²) in [6, 6.07) is 11.2. The van der Waals surface area contributed by atoms with E-state index in [1.54, 1.807) is 7.11 Å². The lowest BCUT2D eigenvalue weighted by molar-refractivity contribution is 0.414. The molecule has 0 amide bonds. The third kappa shape index (κ3) is 3.84. The van der Waals surface area contributed by atoms with Gasteiger partial charge in [-0.25, -0.2) is 0 Å². The topological polar surface area (TPSA) is 38.5 Å². The average molecular weight is 367 g/mol. The first-order valence-corrected chi connectivity index (χ1v) is 10.1. The van der Waals surface area contributed by atoms with Gasteiger partial charge in [-0.3, -0.25) is 0 Å². The summed E-state index contributed by atoms with van der Waals surface area (Å²) in [7, 11) is 1.72. The molecule has 2 aromatic carbocycles. The summed E-state index contributed by atoms with van der Waals surface area (Å²) < 4.78 is 5.36. The third-order valence-electron chi connectivity index (χ3n) is 6.12. The molecule has 0 aliphatic carbocycles. The summed E-state index contributed by atoms with van der Waals surface area (Å²) in [5.74, 6) is 0.920. The van der Waals surface area contributed by atoms with Crippen molar-refractivity contribution >= 4 is 5.69 Å². The van der Waals surface area contributed by atoms with Crippen molar-refractivity contribution in [3.05, 3.63) is 58.1 Å². The van der Waals surface area contributed by atoms with Crippen LogP contribution in [0.1, 0.15) is 68.0 Å². The average Bonchev–Trinajstić information content (AvgIpc) is 2.64. The van der Waals surface area contributed by atoms with E-state index in [4.69, 9.17) is 10.5 Å². The Morgan fingerprint density at radius 1 is 1.19 bits per heavy atom. The Morgan fingerprint density at radius 3 is 2.52 bits per heavy atom. The summed E-state index contributed by atoms with van der Waals surface area (Å²) in [5.41, 5.74) is 14.6. The standard InChI is InChI=1S/C24H34N2O/c1-7-18-13-22-23(14-21(18)17(3)25)26(11-10-24(22,4)5)15-19-8-9-20(27-6)12-16(19)2/h8-9,12-14,17H,7,10-11,15,25H2,1-6H3. The molecule has 0 bridgehead atoms. The molecule has 0 fully saturated rings. The molecule has 0 radical (unpaired) electrons. The number of nitrogens with zero attached hydrogens (tertiary/aromatic N) is 1. The Kier molecular flexibility index (Phi) is 5.53. The second-order valence-electron chi connectivity index (χ2n) is 8.56. The minimum atomic E-state index is 0.0554. The van der Waals surface area contributed by atoms with Gasteiger partial charge in [0.2, 0.25) is 0 Å². The third-order valence-corrected chi connectivity index (χ3v) is 6.12. The minimum Gasteiger partial charge on any atom is -0.497 e. The highest BCUT2D eigenvalue weighted by molar-refractivity contribution is 5.63. The van der Waals surface area contributed by atoms with Crippen LogP contribution in [0.4, 0.5) is 5.69 Å². The molecular weight excluding hydrogens is 332 g/mol. The molecular formula is C24H34N2O. The lowest BCUT2D eigenvalue weighted by Crippen LogP contribution is -2.37. The van der Waals surface area contributed by atoms with E-state index in [9.17, 15) is 0 Å². The van der Waals surface area contributed by atoms with Gasteiger partial charge >= 0.3 is 0 Å². The summed E-state index contributed by atoms with van der Waals surface area (Å²) in [6.07, 6.45) is 2.19.